The lowest BCUT2D eigenvalue weighted by Crippen LogP contribution is -2.24. The number of rotatable bonds is 18. The van der Waals surface area contributed by atoms with Crippen LogP contribution in [0.5, 0.6) is 0 Å². The molecule has 0 saturated heterocycles. The fraction of sp³-hybridized carbons (Fsp3) is 0.900. The Labute approximate surface area is 155 Å². The summed E-state index contributed by atoms with van der Waals surface area (Å²) in [6, 6.07) is 0. The highest BCUT2D eigenvalue weighted by molar-refractivity contribution is 5.76. The molecule has 0 spiro atoms. The second-order valence-corrected chi connectivity index (χ2v) is 7.00. The summed E-state index contributed by atoms with van der Waals surface area (Å²) in [7, 11) is 0. The molecule has 0 aromatic rings. The van der Waals surface area contributed by atoms with Crippen LogP contribution >= 0.6 is 0 Å². The van der Waals surface area contributed by atoms with E-state index in [0.717, 1.165) is 25.8 Å². The number of nitrogens with one attached hydrogen (secondary N) is 1. The number of hydrogen-bond donors (Lipinski definition) is 3. The topological polar surface area (TPSA) is 93.5 Å². The van der Waals surface area contributed by atoms with Gasteiger partial charge in [0.15, 0.2) is 5.96 Å². The van der Waals surface area contributed by atoms with E-state index in [-0.39, 0.29) is 11.9 Å². The molecule has 0 radical (unpaired) electrons. The van der Waals surface area contributed by atoms with Crippen LogP contribution in [0.15, 0.2) is 4.99 Å². The molecule has 5 nitrogen and oxygen atoms in total. The van der Waals surface area contributed by atoms with Crippen LogP contribution in [0.3, 0.4) is 0 Å². The van der Waals surface area contributed by atoms with Gasteiger partial charge in [-0.3, -0.25) is 9.79 Å². The minimum absolute atomic E-state index is 0.122. The number of hydrogen-bond acceptors (Lipinski definition) is 2. The zero-order valence-corrected chi connectivity index (χ0v) is 16.5. The summed E-state index contributed by atoms with van der Waals surface area (Å²) in [4.78, 5) is 15.5. The minimum atomic E-state index is 0.122. The maximum atomic E-state index is 11.6. The van der Waals surface area contributed by atoms with Gasteiger partial charge in [-0.05, 0) is 19.3 Å². The zero-order valence-electron chi connectivity index (χ0n) is 16.5. The molecule has 25 heavy (non-hydrogen) atoms. The molecule has 148 valence electrons. The maximum Gasteiger partial charge on any atom is 0.219 e. The van der Waals surface area contributed by atoms with Gasteiger partial charge in [-0.25, -0.2) is 0 Å². The molecular formula is C20H42N4O. The highest BCUT2D eigenvalue weighted by atomic mass is 16.1. The second-order valence-electron chi connectivity index (χ2n) is 7.00. The molecular weight excluding hydrogens is 312 g/mol. The van der Waals surface area contributed by atoms with E-state index >= 15 is 0 Å². The first-order valence-corrected chi connectivity index (χ1v) is 10.5. The quantitative estimate of drug-likeness (QED) is 0.195. The van der Waals surface area contributed by atoms with E-state index in [9.17, 15) is 4.79 Å². The van der Waals surface area contributed by atoms with E-state index in [1.54, 1.807) is 0 Å². The molecule has 1 amide bonds. The van der Waals surface area contributed by atoms with E-state index in [4.69, 9.17) is 11.5 Å². The SMILES string of the molecule is CCCCCCCCCCCCCCNC(=O)CCCCN=C(N)N. The van der Waals surface area contributed by atoms with E-state index < -0.39 is 0 Å². The number of aliphatic imine (C=N–C) groups is 1. The van der Waals surface area contributed by atoms with Gasteiger partial charge in [-0.1, -0.05) is 77.6 Å². The number of carbonyl (C=O) groups excluding carboxylic acids is 1. The van der Waals surface area contributed by atoms with Crippen molar-refractivity contribution in [2.24, 2.45) is 16.5 Å². The molecule has 0 aromatic carbocycles. The molecule has 0 rings (SSSR count). The van der Waals surface area contributed by atoms with Crippen LogP contribution in [0.25, 0.3) is 0 Å². The molecule has 0 fully saturated rings. The number of nitrogens with two attached hydrogens (primary N) is 2. The van der Waals surface area contributed by atoms with Gasteiger partial charge in [0.05, 0.1) is 0 Å². The third kappa shape index (κ3) is 20.7. The third-order valence-corrected chi connectivity index (χ3v) is 4.46. The van der Waals surface area contributed by atoms with Crippen molar-refractivity contribution in [2.75, 3.05) is 13.1 Å². The molecule has 5 heteroatoms. The highest BCUT2D eigenvalue weighted by Gasteiger charge is 2.00. The lowest BCUT2D eigenvalue weighted by atomic mass is 10.1. The number of carbonyl (C=O) groups is 1. The Balaban J connectivity index is 3.17. The molecule has 0 saturated carbocycles. The standard InChI is InChI=1S/C20H42N4O/c1-2-3-4-5-6-7-8-9-10-11-12-14-17-23-19(25)16-13-15-18-24-20(21)22/h2-18H2,1H3,(H,23,25)(H4,21,22,24). The Bertz CT molecular complexity index is 328. The smallest absolute Gasteiger partial charge is 0.219 e. The van der Waals surface area contributed by atoms with Crippen molar-refractivity contribution in [3.8, 4) is 0 Å². The van der Waals surface area contributed by atoms with Gasteiger partial charge in [0, 0.05) is 19.5 Å². The maximum absolute atomic E-state index is 11.6. The van der Waals surface area contributed by atoms with Gasteiger partial charge in [-0.15, -0.1) is 0 Å². The zero-order chi connectivity index (χ0) is 18.6. The normalized spacial score (nSPS) is 10.6. The van der Waals surface area contributed by atoms with Gasteiger partial charge in [-0.2, -0.15) is 0 Å². The summed E-state index contributed by atoms with van der Waals surface area (Å²) in [5, 5.41) is 2.99. The first kappa shape index (κ1) is 23.7. The molecule has 0 bridgehead atoms. The molecule has 0 unspecified atom stereocenters. The molecule has 0 atom stereocenters. The predicted octanol–water partition coefficient (Wildman–Crippen LogP) is 4.25. The van der Waals surface area contributed by atoms with Gasteiger partial charge < -0.3 is 16.8 Å². The van der Waals surface area contributed by atoms with Gasteiger partial charge in [0.1, 0.15) is 0 Å². The van der Waals surface area contributed by atoms with Crippen molar-refractivity contribution in [2.45, 2.75) is 103 Å². The van der Waals surface area contributed by atoms with Crippen molar-refractivity contribution < 1.29 is 4.79 Å². The van der Waals surface area contributed by atoms with E-state index in [0.29, 0.717) is 13.0 Å². The molecule has 0 aliphatic heterocycles. The minimum Gasteiger partial charge on any atom is -0.370 e. The van der Waals surface area contributed by atoms with Gasteiger partial charge in [0.2, 0.25) is 5.91 Å². The third-order valence-electron chi connectivity index (χ3n) is 4.46. The fourth-order valence-corrected chi connectivity index (χ4v) is 2.89. The van der Waals surface area contributed by atoms with Crippen molar-refractivity contribution in [1.29, 1.82) is 0 Å². The Hall–Kier alpha value is -1.26. The van der Waals surface area contributed by atoms with Crippen LogP contribution in [-0.4, -0.2) is 25.0 Å². The average molecular weight is 355 g/mol. The Kier molecular flexibility index (Phi) is 18.1. The summed E-state index contributed by atoms with van der Waals surface area (Å²) < 4.78 is 0. The summed E-state index contributed by atoms with van der Waals surface area (Å²) in [6.07, 6.45) is 18.4. The summed E-state index contributed by atoms with van der Waals surface area (Å²) in [5.41, 5.74) is 10.5. The van der Waals surface area contributed by atoms with E-state index in [1.165, 1.54) is 70.6 Å². The van der Waals surface area contributed by atoms with Gasteiger partial charge >= 0.3 is 0 Å². The molecule has 0 heterocycles. The largest absolute Gasteiger partial charge is 0.370 e. The molecule has 5 N–H and O–H groups in total. The monoisotopic (exact) mass is 354 g/mol. The van der Waals surface area contributed by atoms with Crippen molar-refractivity contribution >= 4 is 11.9 Å². The lowest BCUT2D eigenvalue weighted by molar-refractivity contribution is -0.121. The first-order chi connectivity index (χ1) is 12.2. The second kappa shape index (κ2) is 19.1. The highest BCUT2D eigenvalue weighted by Crippen LogP contribution is 2.11. The number of amides is 1. The van der Waals surface area contributed by atoms with Gasteiger partial charge in [0.25, 0.3) is 0 Å². The molecule has 0 aromatic heterocycles. The summed E-state index contributed by atoms with van der Waals surface area (Å²) in [6.45, 7) is 3.68. The fourth-order valence-electron chi connectivity index (χ4n) is 2.89. The van der Waals surface area contributed by atoms with E-state index in [1.807, 2.05) is 0 Å². The van der Waals surface area contributed by atoms with E-state index in [2.05, 4.69) is 17.2 Å². The first-order valence-electron chi connectivity index (χ1n) is 10.5. The summed E-state index contributed by atoms with van der Waals surface area (Å²) >= 11 is 0. The Morgan fingerprint density at radius 2 is 1.28 bits per heavy atom. The average Bonchev–Trinajstić information content (AvgIpc) is 2.58. The van der Waals surface area contributed by atoms with Crippen LogP contribution in [0.4, 0.5) is 0 Å². The Morgan fingerprint density at radius 3 is 1.80 bits per heavy atom. The van der Waals surface area contributed by atoms with Crippen molar-refractivity contribution in [1.82, 2.24) is 5.32 Å². The van der Waals surface area contributed by atoms with Crippen molar-refractivity contribution in [3.05, 3.63) is 0 Å². The number of nitrogens with zero attached hydrogens (tertiary/aromatic N) is 1. The van der Waals surface area contributed by atoms with Crippen LogP contribution in [-0.2, 0) is 4.79 Å². The van der Waals surface area contributed by atoms with Crippen LogP contribution in [0.2, 0.25) is 0 Å². The molecule has 0 aliphatic carbocycles. The van der Waals surface area contributed by atoms with Crippen molar-refractivity contribution in [3.63, 3.8) is 0 Å². The van der Waals surface area contributed by atoms with Crippen LogP contribution in [0.1, 0.15) is 103 Å². The van der Waals surface area contributed by atoms with Crippen LogP contribution in [0, 0.1) is 0 Å². The number of unbranched alkanes of at least 4 members (excludes halogenated alkanes) is 12. The summed E-state index contributed by atoms with van der Waals surface area (Å²) in [5.74, 6) is 0.268. The molecule has 0 aliphatic rings. The predicted molar refractivity (Wildman–Crippen MR) is 109 cm³/mol. The Morgan fingerprint density at radius 1 is 0.760 bits per heavy atom. The van der Waals surface area contributed by atoms with Crippen LogP contribution < -0.4 is 16.8 Å². The number of guanidine groups is 1. The lowest BCUT2D eigenvalue weighted by Gasteiger charge is -2.05.